The van der Waals surface area contributed by atoms with Crippen LogP contribution in [-0.2, 0) is 11.2 Å². The molecule has 3 rings (SSSR count). The second-order valence-electron chi connectivity index (χ2n) is 8.10. The topological polar surface area (TPSA) is 41.6 Å². The summed E-state index contributed by atoms with van der Waals surface area (Å²) in [5, 5.41) is 3.62. The number of methoxy groups -OCH3 is 1. The summed E-state index contributed by atoms with van der Waals surface area (Å²) in [5.41, 5.74) is 1.58. The maximum Gasteiger partial charge on any atom is 0.243 e. The van der Waals surface area contributed by atoms with Crippen LogP contribution in [-0.4, -0.2) is 35.7 Å². The van der Waals surface area contributed by atoms with Crippen molar-refractivity contribution in [1.82, 2.24) is 10.2 Å². The number of benzene rings is 1. The van der Waals surface area contributed by atoms with E-state index in [1.165, 1.54) is 11.1 Å². The minimum atomic E-state index is -0.543. The Morgan fingerprint density at radius 1 is 1.23 bits per heavy atom. The van der Waals surface area contributed by atoms with Crippen molar-refractivity contribution in [3.05, 3.63) is 53.6 Å². The molecule has 0 bridgehead atoms. The minimum absolute atomic E-state index is 0.174. The lowest BCUT2D eigenvalue weighted by Gasteiger charge is -2.41. The molecule has 2 unspecified atom stereocenters. The number of carbonyl (C=O) groups is 1. The van der Waals surface area contributed by atoms with E-state index in [0.29, 0.717) is 6.54 Å². The molecule has 1 aromatic rings. The zero-order valence-electron chi connectivity index (χ0n) is 16.5. The number of hydrogen-bond acceptors (Lipinski definition) is 3. The van der Waals surface area contributed by atoms with Gasteiger partial charge in [-0.25, -0.2) is 0 Å². The number of ether oxygens (including phenoxy) is 1. The lowest BCUT2D eigenvalue weighted by Crippen LogP contribution is -2.56. The Kier molecular flexibility index (Phi) is 4.98. The smallest absolute Gasteiger partial charge is 0.243 e. The van der Waals surface area contributed by atoms with Crippen molar-refractivity contribution in [2.45, 2.75) is 51.7 Å². The van der Waals surface area contributed by atoms with Crippen molar-refractivity contribution < 1.29 is 9.53 Å². The lowest BCUT2D eigenvalue weighted by molar-refractivity contribution is -0.134. The predicted octanol–water partition coefficient (Wildman–Crippen LogP) is 3.69. The number of allylic oxidation sites excluding steroid dienone is 3. The van der Waals surface area contributed by atoms with E-state index in [4.69, 9.17) is 4.74 Å². The van der Waals surface area contributed by atoms with E-state index in [2.05, 4.69) is 49.5 Å². The Morgan fingerprint density at radius 3 is 2.50 bits per heavy atom. The van der Waals surface area contributed by atoms with Crippen LogP contribution in [0.3, 0.4) is 0 Å². The molecule has 1 N–H and O–H groups in total. The first kappa shape index (κ1) is 18.7. The highest BCUT2D eigenvalue weighted by molar-refractivity contribution is 5.88. The molecule has 1 fully saturated rings. The molecule has 1 aliphatic heterocycles. The highest BCUT2D eigenvalue weighted by Crippen LogP contribution is 2.38. The van der Waals surface area contributed by atoms with Gasteiger partial charge in [-0.2, -0.15) is 0 Å². The molecular weight excluding hydrogens is 324 g/mol. The predicted molar refractivity (Wildman–Crippen MR) is 105 cm³/mol. The summed E-state index contributed by atoms with van der Waals surface area (Å²) in [6, 6.07) is 8.09. The molecule has 4 heteroatoms. The molecule has 0 aromatic heterocycles. The fourth-order valence-corrected chi connectivity index (χ4v) is 4.11. The van der Waals surface area contributed by atoms with E-state index in [9.17, 15) is 4.79 Å². The summed E-state index contributed by atoms with van der Waals surface area (Å²) in [4.78, 5) is 15.1. The van der Waals surface area contributed by atoms with Crippen molar-refractivity contribution >= 4 is 5.91 Å². The number of nitrogens with one attached hydrogen (secondary N) is 1. The molecular formula is C22H30N2O2. The van der Waals surface area contributed by atoms with Gasteiger partial charge in [0.25, 0.3) is 0 Å². The highest BCUT2D eigenvalue weighted by Gasteiger charge is 2.54. The Morgan fingerprint density at radius 2 is 1.92 bits per heavy atom. The van der Waals surface area contributed by atoms with Gasteiger partial charge in [0.1, 0.15) is 5.75 Å². The van der Waals surface area contributed by atoms with Gasteiger partial charge < -0.3 is 9.64 Å². The first-order valence-corrected chi connectivity index (χ1v) is 9.35. The molecule has 0 saturated carbocycles. The fraction of sp³-hybridized carbons (Fsp3) is 0.500. The molecule has 1 heterocycles. The van der Waals surface area contributed by atoms with Crippen LogP contribution in [0.4, 0.5) is 0 Å². The average molecular weight is 354 g/mol. The molecule has 26 heavy (non-hydrogen) atoms. The lowest BCUT2D eigenvalue weighted by atomic mass is 9.85. The van der Waals surface area contributed by atoms with E-state index >= 15 is 0 Å². The highest BCUT2D eigenvalue weighted by atomic mass is 16.5. The SMILES string of the molecule is COc1ccc(CCN2C(=O)C(C)(C)NC2(C)C2C=CC(C)=CC2)cc1. The Hall–Kier alpha value is -2.07. The van der Waals surface area contributed by atoms with Gasteiger partial charge in [-0.3, -0.25) is 10.1 Å². The molecule has 1 saturated heterocycles. The third-order valence-corrected chi connectivity index (χ3v) is 5.70. The van der Waals surface area contributed by atoms with Crippen molar-refractivity contribution in [1.29, 1.82) is 0 Å². The van der Waals surface area contributed by atoms with Gasteiger partial charge in [-0.05, 0) is 58.2 Å². The summed E-state index contributed by atoms with van der Waals surface area (Å²) < 4.78 is 5.22. The maximum absolute atomic E-state index is 13.1. The van der Waals surface area contributed by atoms with Gasteiger partial charge in [0.15, 0.2) is 0 Å². The van der Waals surface area contributed by atoms with Gasteiger partial charge in [0.2, 0.25) is 5.91 Å². The minimum Gasteiger partial charge on any atom is -0.497 e. The molecule has 1 aromatic carbocycles. The van der Waals surface area contributed by atoms with E-state index in [1.54, 1.807) is 7.11 Å². The van der Waals surface area contributed by atoms with Crippen LogP contribution in [0.2, 0.25) is 0 Å². The van der Waals surface area contributed by atoms with Gasteiger partial charge in [0.05, 0.1) is 18.3 Å². The summed E-state index contributed by atoms with van der Waals surface area (Å²) >= 11 is 0. The summed E-state index contributed by atoms with van der Waals surface area (Å²) in [7, 11) is 1.67. The standard InChI is InChI=1S/C22H30N2O2/c1-16-6-10-18(11-7-16)22(4)23-21(2,3)20(25)24(22)15-14-17-8-12-19(26-5)13-9-17/h6-10,12-13,18,23H,11,14-15H2,1-5H3. The number of rotatable bonds is 5. The van der Waals surface area contributed by atoms with Crippen LogP contribution in [0.5, 0.6) is 5.75 Å². The Labute approximate surface area is 156 Å². The van der Waals surface area contributed by atoms with Gasteiger partial charge >= 0.3 is 0 Å². The molecule has 0 spiro atoms. The van der Waals surface area contributed by atoms with Gasteiger partial charge in [-0.15, -0.1) is 0 Å². The van der Waals surface area contributed by atoms with Crippen LogP contribution in [0, 0.1) is 5.92 Å². The Bertz CT molecular complexity index is 733. The zero-order valence-corrected chi connectivity index (χ0v) is 16.5. The third kappa shape index (κ3) is 3.43. The van der Waals surface area contributed by atoms with Gasteiger partial charge in [-0.1, -0.05) is 35.9 Å². The van der Waals surface area contributed by atoms with Crippen LogP contribution in [0.1, 0.15) is 39.7 Å². The second kappa shape index (κ2) is 6.92. The number of hydrogen-bond donors (Lipinski definition) is 1. The first-order valence-electron chi connectivity index (χ1n) is 9.35. The normalized spacial score (nSPS) is 27.6. The van der Waals surface area contributed by atoms with Crippen LogP contribution >= 0.6 is 0 Å². The fourth-order valence-electron chi connectivity index (χ4n) is 4.11. The van der Waals surface area contributed by atoms with E-state index in [0.717, 1.165) is 18.6 Å². The molecule has 4 nitrogen and oxygen atoms in total. The van der Waals surface area contributed by atoms with Gasteiger partial charge in [0, 0.05) is 12.5 Å². The van der Waals surface area contributed by atoms with Crippen LogP contribution < -0.4 is 10.1 Å². The Balaban J connectivity index is 1.79. The van der Waals surface area contributed by atoms with Crippen LogP contribution in [0.15, 0.2) is 48.1 Å². The summed E-state index contributed by atoms with van der Waals surface area (Å²) in [5.74, 6) is 1.30. The molecule has 1 amide bonds. The third-order valence-electron chi connectivity index (χ3n) is 5.70. The first-order chi connectivity index (χ1) is 12.3. The van der Waals surface area contributed by atoms with Crippen LogP contribution in [0.25, 0.3) is 0 Å². The maximum atomic E-state index is 13.1. The molecule has 2 atom stereocenters. The molecule has 140 valence electrons. The molecule has 2 aliphatic rings. The van der Waals surface area contributed by atoms with E-state index in [-0.39, 0.29) is 17.5 Å². The average Bonchev–Trinajstić information content (AvgIpc) is 2.79. The van der Waals surface area contributed by atoms with E-state index < -0.39 is 5.54 Å². The van der Waals surface area contributed by atoms with Crippen molar-refractivity contribution in [3.63, 3.8) is 0 Å². The summed E-state index contributed by atoms with van der Waals surface area (Å²) in [6.07, 6.45) is 8.45. The monoisotopic (exact) mass is 354 g/mol. The zero-order chi connectivity index (χ0) is 18.9. The number of amides is 1. The van der Waals surface area contributed by atoms with Crippen molar-refractivity contribution in [2.75, 3.05) is 13.7 Å². The second-order valence-corrected chi connectivity index (χ2v) is 8.10. The van der Waals surface area contributed by atoms with E-state index in [1.807, 2.05) is 30.9 Å². The number of carbonyl (C=O) groups excluding carboxylic acids is 1. The molecule has 0 radical (unpaired) electrons. The quantitative estimate of drug-likeness (QED) is 0.877. The van der Waals surface area contributed by atoms with Crippen molar-refractivity contribution in [2.24, 2.45) is 5.92 Å². The molecule has 1 aliphatic carbocycles. The number of nitrogens with zero attached hydrogens (tertiary/aromatic N) is 1. The van der Waals surface area contributed by atoms with Crippen molar-refractivity contribution in [3.8, 4) is 5.75 Å². The summed E-state index contributed by atoms with van der Waals surface area (Å²) in [6.45, 7) is 8.94. The largest absolute Gasteiger partial charge is 0.497 e.